The van der Waals surface area contributed by atoms with Gasteiger partial charge >= 0.3 is 0 Å². The molecule has 1 aliphatic heterocycles. The van der Waals surface area contributed by atoms with E-state index in [1.54, 1.807) is 17.7 Å². The van der Waals surface area contributed by atoms with Gasteiger partial charge in [-0.2, -0.15) is 0 Å². The largest absolute Gasteiger partial charge is 0.496 e. The first-order valence-electron chi connectivity index (χ1n) is 13.8. The molecular weight excluding hydrogens is 520 g/mol. The Kier molecular flexibility index (Phi) is 7.49. The minimum atomic E-state index is -0.232. The molecule has 3 heterocycles. The Morgan fingerprint density at radius 1 is 1.02 bits per heavy atom. The first kappa shape index (κ1) is 26.7. The molecule has 10 nitrogen and oxygen atoms in total. The lowest BCUT2D eigenvalue weighted by Gasteiger charge is -2.29. The molecule has 1 amide bonds. The Balaban J connectivity index is 1.30. The number of aromatic nitrogens is 4. The van der Waals surface area contributed by atoms with Crippen LogP contribution in [0.1, 0.15) is 24.8 Å². The predicted octanol–water partition coefficient (Wildman–Crippen LogP) is 3.55. The number of fused-ring (bicyclic) bond motifs is 3. The minimum Gasteiger partial charge on any atom is -0.496 e. The molecule has 10 heteroatoms. The van der Waals surface area contributed by atoms with E-state index in [2.05, 4.69) is 20.4 Å². The van der Waals surface area contributed by atoms with Crippen LogP contribution >= 0.6 is 0 Å². The lowest BCUT2D eigenvalue weighted by Crippen LogP contribution is -2.37. The van der Waals surface area contributed by atoms with Crippen LogP contribution in [0.25, 0.3) is 28.1 Å². The van der Waals surface area contributed by atoms with Crippen LogP contribution in [-0.4, -0.2) is 67.9 Å². The molecular formula is C31H32N6O4. The number of benzene rings is 3. The molecule has 1 saturated heterocycles. The second-order valence-corrected chi connectivity index (χ2v) is 10.3. The quantitative estimate of drug-likeness (QED) is 0.303. The Morgan fingerprint density at radius 3 is 2.63 bits per heavy atom. The number of carbonyl (C=O) groups excluding carboxylic acids is 1. The van der Waals surface area contributed by atoms with Crippen LogP contribution in [0, 0.1) is 0 Å². The molecule has 0 aliphatic carbocycles. The molecule has 6 rings (SSSR count). The first-order chi connectivity index (χ1) is 20.0. The van der Waals surface area contributed by atoms with Crippen molar-refractivity contribution in [1.82, 2.24) is 24.1 Å². The Hall–Kier alpha value is -4.54. The van der Waals surface area contributed by atoms with Crippen LogP contribution in [0.15, 0.2) is 77.6 Å². The molecule has 2 aromatic heterocycles. The van der Waals surface area contributed by atoms with Gasteiger partial charge < -0.3 is 20.1 Å². The van der Waals surface area contributed by atoms with E-state index in [0.717, 1.165) is 37.1 Å². The molecule has 1 fully saturated rings. The van der Waals surface area contributed by atoms with Crippen molar-refractivity contribution in [2.45, 2.75) is 31.9 Å². The van der Waals surface area contributed by atoms with Crippen molar-refractivity contribution >= 4 is 28.3 Å². The third-order valence-corrected chi connectivity index (χ3v) is 7.62. The van der Waals surface area contributed by atoms with Gasteiger partial charge in [0.1, 0.15) is 5.75 Å². The number of carbonyl (C=O) groups is 1. The van der Waals surface area contributed by atoms with Crippen LogP contribution in [-0.2, 0) is 11.3 Å². The number of aliphatic hydroxyl groups excluding tert-OH is 1. The second-order valence-electron chi connectivity index (χ2n) is 10.3. The van der Waals surface area contributed by atoms with E-state index in [-0.39, 0.29) is 24.1 Å². The molecule has 0 saturated carbocycles. The number of aliphatic hydroxyl groups is 1. The molecule has 0 spiro atoms. The molecule has 41 heavy (non-hydrogen) atoms. The van der Waals surface area contributed by atoms with Gasteiger partial charge in [-0.15, -0.1) is 10.2 Å². The summed E-state index contributed by atoms with van der Waals surface area (Å²) in [6.07, 6.45) is 1.63. The van der Waals surface area contributed by atoms with Gasteiger partial charge in [0, 0.05) is 31.7 Å². The summed E-state index contributed by atoms with van der Waals surface area (Å²) < 4.78 is 9.08. The summed E-state index contributed by atoms with van der Waals surface area (Å²) in [5, 5.41) is 22.2. The Bertz CT molecular complexity index is 1770. The molecule has 5 aromatic rings. The number of ether oxygens (including phenoxy) is 1. The van der Waals surface area contributed by atoms with Gasteiger partial charge in [0.2, 0.25) is 11.7 Å². The zero-order valence-corrected chi connectivity index (χ0v) is 22.9. The van der Waals surface area contributed by atoms with Crippen molar-refractivity contribution in [1.29, 1.82) is 0 Å². The van der Waals surface area contributed by atoms with Gasteiger partial charge in [-0.1, -0.05) is 36.4 Å². The summed E-state index contributed by atoms with van der Waals surface area (Å²) >= 11 is 0. The van der Waals surface area contributed by atoms with Crippen molar-refractivity contribution < 1.29 is 14.6 Å². The van der Waals surface area contributed by atoms with Crippen molar-refractivity contribution in [3.05, 3.63) is 88.7 Å². The van der Waals surface area contributed by atoms with Crippen LogP contribution < -0.4 is 15.6 Å². The zero-order valence-electron chi connectivity index (χ0n) is 22.9. The average Bonchev–Trinajstić information content (AvgIpc) is 3.44. The van der Waals surface area contributed by atoms with Gasteiger partial charge in [0.05, 0.1) is 36.2 Å². The van der Waals surface area contributed by atoms with Gasteiger partial charge in [-0.3, -0.25) is 18.6 Å². The smallest absolute Gasteiger partial charge is 0.263 e. The second kappa shape index (κ2) is 11.5. The Labute approximate surface area is 236 Å². The molecule has 1 aliphatic rings. The van der Waals surface area contributed by atoms with Crippen LogP contribution in [0.4, 0.5) is 5.69 Å². The molecule has 0 bridgehead atoms. The summed E-state index contributed by atoms with van der Waals surface area (Å²) in [5.74, 6) is 1.57. The van der Waals surface area contributed by atoms with Gasteiger partial charge in [-0.05, 0) is 54.8 Å². The summed E-state index contributed by atoms with van der Waals surface area (Å²) in [7, 11) is 1.61. The number of para-hydroxylation sites is 2. The van der Waals surface area contributed by atoms with Crippen LogP contribution in [0.5, 0.6) is 5.75 Å². The normalized spacial score (nSPS) is 14.5. The number of nitrogens with one attached hydrogen (secondary N) is 1. The first-order valence-corrected chi connectivity index (χ1v) is 13.8. The number of amides is 1. The number of likely N-dealkylation sites (tertiary alicyclic amines) is 1. The number of hydrogen-bond donors (Lipinski definition) is 2. The van der Waals surface area contributed by atoms with E-state index >= 15 is 0 Å². The standard InChI is InChI=1S/C31H32N6O4/c1-41-27-12-5-3-10-25(27)29-33-34-31-36(30(40)24-9-2-4-11-26(24)37(29)31)20-21-7-6-8-22(19-21)32-28(39)15-18-35-16-13-23(38)14-17-35/h2-12,19,23,38H,13-18,20H2,1H3,(H,32,39). The molecule has 0 unspecified atom stereocenters. The highest BCUT2D eigenvalue weighted by Crippen LogP contribution is 2.30. The maximum absolute atomic E-state index is 13.7. The van der Waals surface area contributed by atoms with E-state index in [1.165, 1.54) is 0 Å². The topological polar surface area (TPSA) is 114 Å². The SMILES string of the molecule is COc1ccccc1-c1nnc2n(Cc3cccc(NC(=O)CCN4CCC(O)CC4)c3)c(=O)c3ccccc3n12. The highest BCUT2D eigenvalue weighted by atomic mass is 16.5. The highest BCUT2D eigenvalue weighted by Gasteiger charge is 2.20. The molecule has 0 radical (unpaired) electrons. The van der Waals surface area contributed by atoms with Crippen molar-refractivity contribution in [2.75, 3.05) is 32.1 Å². The predicted molar refractivity (Wildman–Crippen MR) is 157 cm³/mol. The van der Waals surface area contributed by atoms with E-state index in [9.17, 15) is 14.7 Å². The number of piperidine rings is 1. The number of nitrogens with zero attached hydrogens (tertiary/aromatic N) is 5. The Morgan fingerprint density at radius 2 is 1.80 bits per heavy atom. The van der Waals surface area contributed by atoms with E-state index in [0.29, 0.717) is 46.9 Å². The highest BCUT2D eigenvalue weighted by molar-refractivity contribution is 5.91. The summed E-state index contributed by atoms with van der Waals surface area (Å²) in [6.45, 7) is 2.52. The average molecular weight is 553 g/mol. The monoisotopic (exact) mass is 552 g/mol. The van der Waals surface area contributed by atoms with Crippen molar-refractivity contribution in [2.24, 2.45) is 0 Å². The van der Waals surface area contributed by atoms with E-state index in [4.69, 9.17) is 4.74 Å². The van der Waals surface area contributed by atoms with Gasteiger partial charge in [0.15, 0.2) is 5.82 Å². The van der Waals surface area contributed by atoms with E-state index < -0.39 is 0 Å². The van der Waals surface area contributed by atoms with Crippen molar-refractivity contribution in [3.8, 4) is 17.1 Å². The van der Waals surface area contributed by atoms with Crippen molar-refractivity contribution in [3.63, 3.8) is 0 Å². The number of methoxy groups -OCH3 is 1. The maximum atomic E-state index is 13.7. The molecule has 2 N–H and O–H groups in total. The van der Waals surface area contributed by atoms with Crippen LogP contribution in [0.3, 0.4) is 0 Å². The minimum absolute atomic E-state index is 0.0718. The molecule has 0 atom stereocenters. The summed E-state index contributed by atoms with van der Waals surface area (Å²) in [4.78, 5) is 28.6. The fraction of sp³-hybridized carbons (Fsp3) is 0.290. The van der Waals surface area contributed by atoms with E-state index in [1.807, 2.05) is 71.1 Å². The maximum Gasteiger partial charge on any atom is 0.263 e. The fourth-order valence-corrected chi connectivity index (χ4v) is 5.46. The molecule has 3 aromatic carbocycles. The molecule has 210 valence electrons. The number of hydrogen-bond acceptors (Lipinski definition) is 7. The lowest BCUT2D eigenvalue weighted by molar-refractivity contribution is -0.116. The van der Waals surface area contributed by atoms with Gasteiger partial charge in [0.25, 0.3) is 5.56 Å². The summed E-state index contributed by atoms with van der Waals surface area (Å²) in [6, 6.07) is 22.5. The number of anilines is 1. The third-order valence-electron chi connectivity index (χ3n) is 7.62. The zero-order chi connectivity index (χ0) is 28.3. The lowest BCUT2D eigenvalue weighted by atomic mass is 10.1. The number of rotatable bonds is 8. The third kappa shape index (κ3) is 5.44. The fourth-order valence-electron chi connectivity index (χ4n) is 5.46. The van der Waals surface area contributed by atoms with Crippen LogP contribution in [0.2, 0.25) is 0 Å². The summed E-state index contributed by atoms with van der Waals surface area (Å²) in [5.41, 5.74) is 2.81. The van der Waals surface area contributed by atoms with Gasteiger partial charge in [-0.25, -0.2) is 0 Å².